The standard InChI is InChI=1S/C21H21N5O2/c1-28-17-9-7-16(8-10-17)24-21-23-12-11-18(25-21)26-14-13-22-20(27)19(26)15-5-3-2-4-6-15/h2-12,19H,13-14H2,1H3,(H,22,27)(H,23,24,25). The van der Waals surface area contributed by atoms with Gasteiger partial charge in [-0.3, -0.25) is 4.79 Å². The van der Waals surface area contributed by atoms with Crippen LogP contribution in [0.15, 0.2) is 66.9 Å². The number of hydrogen-bond donors (Lipinski definition) is 2. The van der Waals surface area contributed by atoms with Crippen molar-refractivity contribution < 1.29 is 9.53 Å². The van der Waals surface area contributed by atoms with Gasteiger partial charge in [0.2, 0.25) is 11.9 Å². The van der Waals surface area contributed by atoms with Crippen LogP contribution >= 0.6 is 0 Å². The average Bonchev–Trinajstić information content (AvgIpc) is 2.75. The lowest BCUT2D eigenvalue weighted by molar-refractivity contribution is -0.123. The van der Waals surface area contributed by atoms with Gasteiger partial charge < -0.3 is 20.3 Å². The van der Waals surface area contributed by atoms with Crippen LogP contribution in [0.5, 0.6) is 5.75 Å². The molecular formula is C21H21N5O2. The van der Waals surface area contributed by atoms with Crippen molar-refractivity contribution in [1.82, 2.24) is 15.3 Å². The SMILES string of the molecule is COc1ccc(Nc2nccc(N3CCNC(=O)C3c3ccccc3)n2)cc1. The first-order chi connectivity index (χ1) is 13.7. The van der Waals surface area contributed by atoms with E-state index in [1.165, 1.54) is 0 Å². The third-order valence-corrected chi connectivity index (χ3v) is 4.61. The molecule has 0 bridgehead atoms. The van der Waals surface area contributed by atoms with Crippen molar-refractivity contribution in [2.45, 2.75) is 6.04 Å². The maximum Gasteiger partial charge on any atom is 0.247 e. The summed E-state index contributed by atoms with van der Waals surface area (Å²) in [7, 11) is 1.63. The van der Waals surface area contributed by atoms with E-state index in [4.69, 9.17) is 4.74 Å². The number of rotatable bonds is 5. The van der Waals surface area contributed by atoms with Crippen LogP contribution in [0.3, 0.4) is 0 Å². The van der Waals surface area contributed by atoms with Gasteiger partial charge in [-0.2, -0.15) is 4.98 Å². The highest BCUT2D eigenvalue weighted by Gasteiger charge is 2.32. The van der Waals surface area contributed by atoms with Gasteiger partial charge in [0, 0.05) is 25.0 Å². The number of carbonyl (C=O) groups excluding carboxylic acids is 1. The summed E-state index contributed by atoms with van der Waals surface area (Å²) in [6.07, 6.45) is 1.70. The van der Waals surface area contributed by atoms with Crippen molar-refractivity contribution in [3.8, 4) is 5.75 Å². The topological polar surface area (TPSA) is 79.4 Å². The molecule has 28 heavy (non-hydrogen) atoms. The van der Waals surface area contributed by atoms with Crippen molar-refractivity contribution in [2.75, 3.05) is 30.4 Å². The van der Waals surface area contributed by atoms with E-state index in [9.17, 15) is 4.79 Å². The molecule has 0 aliphatic carbocycles. The molecule has 2 aromatic carbocycles. The molecule has 7 nitrogen and oxygen atoms in total. The van der Waals surface area contributed by atoms with Gasteiger partial charge in [-0.05, 0) is 35.9 Å². The highest BCUT2D eigenvalue weighted by atomic mass is 16.5. The Morgan fingerprint density at radius 2 is 1.89 bits per heavy atom. The summed E-state index contributed by atoms with van der Waals surface area (Å²) in [4.78, 5) is 23.5. The zero-order valence-corrected chi connectivity index (χ0v) is 15.5. The largest absolute Gasteiger partial charge is 0.497 e. The summed E-state index contributed by atoms with van der Waals surface area (Å²) in [5.74, 6) is 1.93. The highest BCUT2D eigenvalue weighted by Crippen LogP contribution is 2.28. The molecule has 142 valence electrons. The third-order valence-electron chi connectivity index (χ3n) is 4.61. The van der Waals surface area contributed by atoms with E-state index in [0.29, 0.717) is 24.9 Å². The summed E-state index contributed by atoms with van der Waals surface area (Å²) >= 11 is 0. The Kier molecular flexibility index (Phi) is 5.05. The number of hydrogen-bond acceptors (Lipinski definition) is 6. The number of methoxy groups -OCH3 is 1. The number of benzene rings is 2. The predicted molar refractivity (Wildman–Crippen MR) is 108 cm³/mol. The number of aromatic nitrogens is 2. The van der Waals surface area contributed by atoms with Crippen LogP contribution in [0, 0.1) is 0 Å². The molecule has 1 atom stereocenters. The Balaban J connectivity index is 1.60. The van der Waals surface area contributed by atoms with Crippen LogP contribution in [-0.4, -0.2) is 36.1 Å². The predicted octanol–water partition coefficient (Wildman–Crippen LogP) is 2.91. The second kappa shape index (κ2) is 7.96. The summed E-state index contributed by atoms with van der Waals surface area (Å²) < 4.78 is 5.18. The van der Waals surface area contributed by atoms with E-state index in [2.05, 4.69) is 20.6 Å². The van der Waals surface area contributed by atoms with Crippen LogP contribution in [0.2, 0.25) is 0 Å². The van der Waals surface area contributed by atoms with Gasteiger partial charge in [0.25, 0.3) is 0 Å². The van der Waals surface area contributed by atoms with Gasteiger partial charge in [-0.25, -0.2) is 4.98 Å². The number of ether oxygens (including phenoxy) is 1. The van der Waals surface area contributed by atoms with Crippen LogP contribution in [0.25, 0.3) is 0 Å². The molecule has 0 radical (unpaired) electrons. The van der Waals surface area contributed by atoms with Gasteiger partial charge in [-0.1, -0.05) is 30.3 Å². The van der Waals surface area contributed by atoms with E-state index in [1.54, 1.807) is 13.3 Å². The number of piperazine rings is 1. The monoisotopic (exact) mass is 375 g/mol. The van der Waals surface area contributed by atoms with Crippen LogP contribution in [-0.2, 0) is 4.79 Å². The first-order valence-electron chi connectivity index (χ1n) is 9.08. The molecule has 1 aromatic heterocycles. The second-order valence-electron chi connectivity index (χ2n) is 6.39. The average molecular weight is 375 g/mol. The Hall–Kier alpha value is -3.61. The van der Waals surface area contributed by atoms with E-state index in [0.717, 1.165) is 17.0 Å². The fourth-order valence-corrected chi connectivity index (χ4v) is 3.25. The van der Waals surface area contributed by atoms with Crippen molar-refractivity contribution >= 4 is 23.4 Å². The lowest BCUT2D eigenvalue weighted by Crippen LogP contribution is -2.50. The quantitative estimate of drug-likeness (QED) is 0.714. The van der Waals surface area contributed by atoms with E-state index in [-0.39, 0.29) is 5.91 Å². The van der Waals surface area contributed by atoms with Gasteiger partial charge in [0.1, 0.15) is 17.6 Å². The zero-order valence-electron chi connectivity index (χ0n) is 15.5. The van der Waals surface area contributed by atoms with Crippen LogP contribution < -0.4 is 20.3 Å². The molecule has 1 aliphatic rings. The number of carbonyl (C=O) groups is 1. The van der Waals surface area contributed by atoms with Crippen molar-refractivity contribution in [1.29, 1.82) is 0 Å². The number of nitrogens with one attached hydrogen (secondary N) is 2. The Labute approximate surface area is 163 Å². The van der Waals surface area contributed by atoms with E-state index >= 15 is 0 Å². The van der Waals surface area contributed by atoms with Gasteiger partial charge in [0.15, 0.2) is 0 Å². The molecule has 2 heterocycles. The smallest absolute Gasteiger partial charge is 0.247 e. The second-order valence-corrected chi connectivity index (χ2v) is 6.39. The number of amides is 1. The van der Waals surface area contributed by atoms with E-state index < -0.39 is 6.04 Å². The first kappa shape index (κ1) is 17.8. The van der Waals surface area contributed by atoms with Gasteiger partial charge in [0.05, 0.1) is 7.11 Å². The van der Waals surface area contributed by atoms with Gasteiger partial charge in [-0.15, -0.1) is 0 Å². The molecule has 0 spiro atoms. The normalized spacial score (nSPS) is 16.4. The minimum absolute atomic E-state index is 0.0271. The molecule has 1 amide bonds. The molecule has 1 aliphatic heterocycles. The molecule has 0 saturated carbocycles. The zero-order chi connectivity index (χ0) is 19.3. The maximum absolute atomic E-state index is 12.6. The molecule has 7 heteroatoms. The molecule has 4 rings (SSSR count). The highest BCUT2D eigenvalue weighted by molar-refractivity contribution is 5.87. The fourth-order valence-electron chi connectivity index (χ4n) is 3.25. The van der Waals surface area contributed by atoms with Crippen molar-refractivity contribution in [3.63, 3.8) is 0 Å². The number of anilines is 3. The van der Waals surface area contributed by atoms with E-state index in [1.807, 2.05) is 65.6 Å². The minimum Gasteiger partial charge on any atom is -0.497 e. The molecule has 1 saturated heterocycles. The molecule has 2 N–H and O–H groups in total. The van der Waals surface area contributed by atoms with Crippen molar-refractivity contribution in [2.24, 2.45) is 0 Å². The van der Waals surface area contributed by atoms with Crippen LogP contribution in [0.1, 0.15) is 11.6 Å². The Morgan fingerprint density at radius 1 is 1.11 bits per heavy atom. The third kappa shape index (κ3) is 3.73. The maximum atomic E-state index is 12.6. The molecule has 1 unspecified atom stereocenters. The molecule has 3 aromatic rings. The lowest BCUT2D eigenvalue weighted by atomic mass is 10.0. The summed E-state index contributed by atoms with van der Waals surface area (Å²) in [5.41, 5.74) is 1.79. The summed E-state index contributed by atoms with van der Waals surface area (Å²) in [5, 5.41) is 6.14. The molecular weight excluding hydrogens is 354 g/mol. The van der Waals surface area contributed by atoms with Gasteiger partial charge >= 0.3 is 0 Å². The Morgan fingerprint density at radius 3 is 2.64 bits per heavy atom. The molecule has 1 fully saturated rings. The first-order valence-corrected chi connectivity index (χ1v) is 9.08. The summed E-state index contributed by atoms with van der Waals surface area (Å²) in [6.45, 7) is 1.25. The minimum atomic E-state index is -0.418. The summed E-state index contributed by atoms with van der Waals surface area (Å²) in [6, 6.07) is 18.7. The fraction of sp³-hybridized carbons (Fsp3) is 0.190. The number of nitrogens with zero attached hydrogens (tertiary/aromatic N) is 3. The Bertz CT molecular complexity index is 947. The van der Waals surface area contributed by atoms with Crippen molar-refractivity contribution in [3.05, 3.63) is 72.4 Å². The van der Waals surface area contributed by atoms with Crippen LogP contribution in [0.4, 0.5) is 17.5 Å². The lowest BCUT2D eigenvalue weighted by Gasteiger charge is -2.36.